The molecule has 3 rings (SSSR count). The number of likely N-dealkylation sites (tertiary alicyclic amines) is 1. The fourth-order valence-electron chi connectivity index (χ4n) is 3.27. The first-order valence-electron chi connectivity index (χ1n) is 8.67. The zero-order chi connectivity index (χ0) is 18.5. The van der Waals surface area contributed by atoms with E-state index in [2.05, 4.69) is 0 Å². The zero-order valence-corrected chi connectivity index (χ0v) is 14.9. The molecule has 26 heavy (non-hydrogen) atoms. The predicted molar refractivity (Wildman–Crippen MR) is 99.3 cm³/mol. The number of Topliss-reactive ketones (excluding diaryl/α,β-unsaturated/α-hetero) is 1. The van der Waals surface area contributed by atoms with Gasteiger partial charge in [0.05, 0.1) is 19.9 Å². The molecule has 1 aliphatic rings. The van der Waals surface area contributed by atoms with E-state index in [0.29, 0.717) is 42.3 Å². The zero-order valence-electron chi connectivity index (χ0n) is 14.9. The third-order valence-corrected chi connectivity index (χ3v) is 4.69. The van der Waals surface area contributed by atoms with Gasteiger partial charge in [-0.2, -0.15) is 0 Å². The summed E-state index contributed by atoms with van der Waals surface area (Å²) in [4.78, 5) is 14.6. The Labute approximate surface area is 153 Å². The minimum Gasteiger partial charge on any atom is -0.493 e. The highest BCUT2D eigenvalue weighted by Crippen LogP contribution is 2.34. The van der Waals surface area contributed by atoms with Crippen molar-refractivity contribution in [1.82, 2.24) is 4.90 Å². The van der Waals surface area contributed by atoms with Crippen LogP contribution < -0.4 is 15.2 Å². The third kappa shape index (κ3) is 3.81. The maximum atomic E-state index is 12.9. The first-order valence-corrected chi connectivity index (χ1v) is 8.67. The quantitative estimate of drug-likeness (QED) is 0.585. The first kappa shape index (κ1) is 18.2. The highest BCUT2D eigenvalue weighted by atomic mass is 16.5. The Morgan fingerprint density at radius 3 is 2.73 bits per heavy atom. The number of ketones is 1. The van der Waals surface area contributed by atoms with Crippen molar-refractivity contribution >= 4 is 11.5 Å². The van der Waals surface area contributed by atoms with Gasteiger partial charge in [0.15, 0.2) is 17.3 Å². The summed E-state index contributed by atoms with van der Waals surface area (Å²) in [6, 6.07) is 12.7. The average Bonchev–Trinajstić information content (AvgIpc) is 3.15. The molecule has 1 aliphatic heterocycles. The Bertz CT molecular complexity index is 764. The molecule has 6 nitrogen and oxygen atoms in total. The van der Waals surface area contributed by atoms with Gasteiger partial charge in [0.2, 0.25) is 0 Å². The summed E-state index contributed by atoms with van der Waals surface area (Å²) >= 11 is 0. The van der Waals surface area contributed by atoms with Crippen molar-refractivity contribution in [3.8, 4) is 11.5 Å². The molecule has 0 bridgehead atoms. The molecule has 3 N–H and O–H groups in total. The minimum absolute atomic E-state index is 0.0954. The number of benzene rings is 2. The van der Waals surface area contributed by atoms with E-state index in [-0.39, 0.29) is 18.6 Å². The number of nitrogens with zero attached hydrogens (tertiary/aromatic N) is 1. The second kappa shape index (κ2) is 8.21. The molecule has 0 radical (unpaired) electrons. The largest absolute Gasteiger partial charge is 0.493 e. The van der Waals surface area contributed by atoms with Crippen LogP contribution in [0.2, 0.25) is 0 Å². The van der Waals surface area contributed by atoms with Crippen LogP contribution in [-0.4, -0.2) is 42.2 Å². The summed E-state index contributed by atoms with van der Waals surface area (Å²) in [7, 11) is 1.53. The Morgan fingerprint density at radius 2 is 2.04 bits per heavy atom. The minimum atomic E-state index is -0.344. The van der Waals surface area contributed by atoms with Gasteiger partial charge in [-0.05, 0) is 24.5 Å². The number of carbonyl (C=O) groups excluding carboxylic acids is 1. The average molecular weight is 356 g/mol. The van der Waals surface area contributed by atoms with Crippen LogP contribution in [0.1, 0.15) is 28.8 Å². The highest BCUT2D eigenvalue weighted by Gasteiger charge is 2.32. The van der Waals surface area contributed by atoms with E-state index in [1.54, 1.807) is 17.0 Å². The summed E-state index contributed by atoms with van der Waals surface area (Å²) in [6.07, 6.45) is 1.60. The van der Waals surface area contributed by atoms with Crippen molar-refractivity contribution in [2.24, 2.45) is 0 Å². The molecule has 138 valence electrons. The van der Waals surface area contributed by atoms with Crippen LogP contribution in [0.15, 0.2) is 42.5 Å². The Hall–Kier alpha value is -2.57. The molecule has 1 saturated heterocycles. The fourth-order valence-corrected chi connectivity index (χ4v) is 3.27. The Morgan fingerprint density at radius 1 is 1.27 bits per heavy atom. The van der Waals surface area contributed by atoms with Crippen molar-refractivity contribution in [3.05, 3.63) is 53.6 Å². The number of hydrogen-bond acceptors (Lipinski definition) is 6. The van der Waals surface area contributed by atoms with Gasteiger partial charge >= 0.3 is 0 Å². The number of nitrogen functional groups attached to an aromatic ring is 1. The molecular weight excluding hydrogens is 332 g/mol. The molecule has 0 aliphatic carbocycles. The van der Waals surface area contributed by atoms with E-state index in [0.717, 1.165) is 12.0 Å². The lowest BCUT2D eigenvalue weighted by atomic mass is 10.00. The standard InChI is InChI=1S/C20H24N2O4/c1-25-18-10-15(20(24)17-8-5-9-22(17)13-23)16(21)11-19(18)26-12-14-6-3-2-4-7-14/h2-4,6-7,10-11,17,23H,5,8-9,12-13,21H2,1H3. The van der Waals surface area contributed by atoms with Gasteiger partial charge in [0.1, 0.15) is 6.61 Å². The van der Waals surface area contributed by atoms with Crippen LogP contribution in [0.5, 0.6) is 11.5 Å². The number of anilines is 1. The summed E-state index contributed by atoms with van der Waals surface area (Å²) in [5, 5.41) is 9.42. The van der Waals surface area contributed by atoms with Crippen molar-refractivity contribution in [3.63, 3.8) is 0 Å². The number of rotatable bonds is 7. The van der Waals surface area contributed by atoms with Gasteiger partial charge in [-0.25, -0.2) is 0 Å². The Kier molecular flexibility index (Phi) is 5.75. The van der Waals surface area contributed by atoms with Crippen LogP contribution in [0.3, 0.4) is 0 Å². The molecule has 1 heterocycles. The molecule has 2 aromatic rings. The summed E-state index contributed by atoms with van der Waals surface area (Å²) in [6.45, 7) is 0.957. The van der Waals surface area contributed by atoms with Gasteiger partial charge in [-0.3, -0.25) is 9.69 Å². The fraction of sp³-hybridized carbons (Fsp3) is 0.350. The molecule has 0 aromatic heterocycles. The molecule has 0 amide bonds. The topological polar surface area (TPSA) is 85.0 Å². The van der Waals surface area contributed by atoms with Gasteiger partial charge in [-0.15, -0.1) is 0 Å². The van der Waals surface area contributed by atoms with Crippen LogP contribution in [0.4, 0.5) is 5.69 Å². The molecule has 1 unspecified atom stereocenters. The van der Waals surface area contributed by atoms with Crippen LogP contribution in [0.25, 0.3) is 0 Å². The molecule has 0 saturated carbocycles. The number of nitrogens with two attached hydrogens (primary N) is 1. The number of methoxy groups -OCH3 is 1. The smallest absolute Gasteiger partial charge is 0.182 e. The number of hydrogen-bond donors (Lipinski definition) is 2. The molecule has 1 fully saturated rings. The van der Waals surface area contributed by atoms with E-state index in [4.69, 9.17) is 15.2 Å². The van der Waals surface area contributed by atoms with E-state index in [9.17, 15) is 9.90 Å². The van der Waals surface area contributed by atoms with Gasteiger partial charge in [0.25, 0.3) is 0 Å². The maximum Gasteiger partial charge on any atom is 0.182 e. The van der Waals surface area contributed by atoms with Crippen molar-refractivity contribution in [2.45, 2.75) is 25.5 Å². The molecule has 2 aromatic carbocycles. The van der Waals surface area contributed by atoms with Crippen LogP contribution in [0, 0.1) is 0 Å². The Balaban J connectivity index is 1.81. The van der Waals surface area contributed by atoms with Gasteiger partial charge < -0.3 is 20.3 Å². The SMILES string of the molecule is COc1cc(C(=O)C2CCCN2CO)c(N)cc1OCc1ccccc1. The summed E-state index contributed by atoms with van der Waals surface area (Å²) in [5.41, 5.74) is 7.91. The van der Waals surface area contributed by atoms with E-state index in [1.165, 1.54) is 7.11 Å². The van der Waals surface area contributed by atoms with Crippen molar-refractivity contribution in [2.75, 3.05) is 26.1 Å². The number of ether oxygens (including phenoxy) is 2. The molecule has 0 spiro atoms. The van der Waals surface area contributed by atoms with Crippen molar-refractivity contribution in [1.29, 1.82) is 0 Å². The van der Waals surface area contributed by atoms with E-state index in [1.807, 2.05) is 30.3 Å². The van der Waals surface area contributed by atoms with E-state index >= 15 is 0 Å². The maximum absolute atomic E-state index is 12.9. The number of aliphatic hydroxyl groups is 1. The summed E-state index contributed by atoms with van der Waals surface area (Å²) in [5.74, 6) is 0.866. The third-order valence-electron chi connectivity index (χ3n) is 4.69. The number of aliphatic hydroxyl groups excluding tert-OH is 1. The normalized spacial score (nSPS) is 17.2. The summed E-state index contributed by atoms with van der Waals surface area (Å²) < 4.78 is 11.2. The highest BCUT2D eigenvalue weighted by molar-refractivity contribution is 6.05. The molecule has 1 atom stereocenters. The lowest BCUT2D eigenvalue weighted by molar-refractivity contribution is 0.0677. The second-order valence-electron chi connectivity index (χ2n) is 6.34. The first-order chi connectivity index (χ1) is 12.6. The van der Waals surface area contributed by atoms with Crippen molar-refractivity contribution < 1.29 is 19.4 Å². The lowest BCUT2D eigenvalue weighted by Crippen LogP contribution is -2.37. The van der Waals surface area contributed by atoms with Crippen LogP contribution >= 0.6 is 0 Å². The molecular formula is C20H24N2O4. The van der Waals surface area contributed by atoms with Gasteiger partial charge in [0, 0.05) is 23.9 Å². The van der Waals surface area contributed by atoms with Gasteiger partial charge in [-0.1, -0.05) is 30.3 Å². The second-order valence-corrected chi connectivity index (χ2v) is 6.34. The predicted octanol–water partition coefficient (Wildman–Crippen LogP) is 2.45. The lowest BCUT2D eigenvalue weighted by Gasteiger charge is -2.22. The van der Waals surface area contributed by atoms with E-state index < -0.39 is 0 Å². The van der Waals surface area contributed by atoms with Crippen LogP contribution in [-0.2, 0) is 6.61 Å². The number of carbonyl (C=O) groups is 1. The monoisotopic (exact) mass is 356 g/mol. The molecule has 6 heteroatoms.